The predicted molar refractivity (Wildman–Crippen MR) is 94.8 cm³/mol. The van der Waals surface area contributed by atoms with Crippen molar-refractivity contribution in [2.45, 2.75) is 51.4 Å². The lowest BCUT2D eigenvalue weighted by Gasteiger charge is -2.20. The number of carbonyl (C=O) groups is 1. The second kappa shape index (κ2) is 13.2. The molecule has 1 aliphatic rings. The van der Waals surface area contributed by atoms with E-state index >= 15 is 0 Å². The number of unbranched alkanes of at least 4 members (excludes halogenated alkanes) is 1. The van der Waals surface area contributed by atoms with Gasteiger partial charge in [-0.1, -0.05) is 12.8 Å². The molecule has 0 radical (unpaired) electrons. The van der Waals surface area contributed by atoms with Crippen LogP contribution < -0.4 is 10.6 Å². The summed E-state index contributed by atoms with van der Waals surface area (Å²) < 4.78 is 4.62. The Kier molecular flexibility index (Phi) is 11.3. The summed E-state index contributed by atoms with van der Waals surface area (Å²) in [6.07, 6.45) is 8.88. The number of nitrogens with one attached hydrogen (secondary N) is 2. The fourth-order valence-electron chi connectivity index (χ4n) is 2.79. The molecule has 134 valence electrons. The number of likely N-dealkylation sites (tertiary alicyclic amines) is 1. The topological polar surface area (TPSA) is 66.0 Å². The van der Waals surface area contributed by atoms with Crippen LogP contribution in [0.2, 0.25) is 0 Å². The molecule has 1 fully saturated rings. The smallest absolute Gasteiger partial charge is 0.305 e. The van der Waals surface area contributed by atoms with E-state index in [1.807, 2.05) is 0 Å². The highest BCUT2D eigenvalue weighted by Gasteiger charge is 2.08. The summed E-state index contributed by atoms with van der Waals surface area (Å²) in [5.41, 5.74) is 0. The Hall–Kier alpha value is -1.30. The van der Waals surface area contributed by atoms with E-state index in [0.29, 0.717) is 6.42 Å². The predicted octanol–water partition coefficient (Wildman–Crippen LogP) is 1.76. The van der Waals surface area contributed by atoms with E-state index in [9.17, 15) is 4.79 Å². The Morgan fingerprint density at radius 3 is 2.30 bits per heavy atom. The molecule has 2 N–H and O–H groups in total. The van der Waals surface area contributed by atoms with Crippen molar-refractivity contribution >= 4 is 11.9 Å². The second-order valence-electron chi connectivity index (χ2n) is 6.07. The van der Waals surface area contributed by atoms with Crippen LogP contribution in [0.15, 0.2) is 4.99 Å². The zero-order valence-corrected chi connectivity index (χ0v) is 14.9. The number of ether oxygens (including phenoxy) is 1. The molecule has 0 amide bonds. The molecule has 1 heterocycles. The molecule has 0 unspecified atom stereocenters. The van der Waals surface area contributed by atoms with Crippen LogP contribution in [0, 0.1) is 0 Å². The van der Waals surface area contributed by atoms with Crippen LogP contribution >= 0.6 is 0 Å². The summed E-state index contributed by atoms with van der Waals surface area (Å²) in [5, 5.41) is 6.64. The van der Waals surface area contributed by atoms with Gasteiger partial charge in [-0.05, 0) is 51.7 Å². The van der Waals surface area contributed by atoms with Crippen molar-refractivity contribution < 1.29 is 9.53 Å². The van der Waals surface area contributed by atoms with Gasteiger partial charge in [0.1, 0.15) is 0 Å². The van der Waals surface area contributed by atoms with Crippen LogP contribution in [0.3, 0.4) is 0 Å². The third-order valence-corrected chi connectivity index (χ3v) is 4.19. The van der Waals surface area contributed by atoms with Gasteiger partial charge in [-0.2, -0.15) is 0 Å². The fourth-order valence-corrected chi connectivity index (χ4v) is 2.79. The zero-order chi connectivity index (χ0) is 16.8. The number of rotatable bonds is 9. The summed E-state index contributed by atoms with van der Waals surface area (Å²) >= 11 is 0. The summed E-state index contributed by atoms with van der Waals surface area (Å²) in [6, 6.07) is 0. The molecule has 0 spiro atoms. The molecule has 1 saturated heterocycles. The lowest BCUT2D eigenvalue weighted by atomic mass is 10.2. The zero-order valence-electron chi connectivity index (χ0n) is 14.9. The summed E-state index contributed by atoms with van der Waals surface area (Å²) in [6.45, 7) is 5.45. The molecule has 0 bridgehead atoms. The summed E-state index contributed by atoms with van der Waals surface area (Å²) in [4.78, 5) is 17.8. The number of methoxy groups -OCH3 is 1. The largest absolute Gasteiger partial charge is 0.469 e. The highest BCUT2D eigenvalue weighted by Crippen LogP contribution is 2.09. The lowest BCUT2D eigenvalue weighted by Crippen LogP contribution is -2.39. The van der Waals surface area contributed by atoms with Crippen molar-refractivity contribution in [3.63, 3.8) is 0 Å². The Balaban J connectivity index is 2.01. The third-order valence-electron chi connectivity index (χ3n) is 4.19. The van der Waals surface area contributed by atoms with Gasteiger partial charge in [0.25, 0.3) is 0 Å². The first-order valence-corrected chi connectivity index (χ1v) is 9.00. The fraction of sp³-hybridized carbons (Fsp3) is 0.882. The number of hydrogen-bond acceptors (Lipinski definition) is 4. The van der Waals surface area contributed by atoms with Crippen molar-refractivity contribution in [2.75, 3.05) is 46.9 Å². The lowest BCUT2D eigenvalue weighted by molar-refractivity contribution is -0.140. The van der Waals surface area contributed by atoms with Gasteiger partial charge < -0.3 is 20.3 Å². The van der Waals surface area contributed by atoms with Crippen molar-refractivity contribution in [1.29, 1.82) is 0 Å². The van der Waals surface area contributed by atoms with Gasteiger partial charge in [0.2, 0.25) is 0 Å². The van der Waals surface area contributed by atoms with E-state index in [2.05, 4.69) is 25.3 Å². The maximum absolute atomic E-state index is 11.0. The quantitative estimate of drug-likeness (QED) is 0.292. The maximum atomic E-state index is 11.0. The molecule has 0 aromatic heterocycles. The van der Waals surface area contributed by atoms with Crippen molar-refractivity contribution in [3.05, 3.63) is 0 Å². The van der Waals surface area contributed by atoms with Crippen LogP contribution in [-0.4, -0.2) is 63.7 Å². The molecule has 6 nitrogen and oxygen atoms in total. The van der Waals surface area contributed by atoms with Crippen molar-refractivity contribution in [3.8, 4) is 0 Å². The van der Waals surface area contributed by atoms with E-state index < -0.39 is 0 Å². The normalized spacial score (nSPS) is 16.7. The van der Waals surface area contributed by atoms with Crippen molar-refractivity contribution in [1.82, 2.24) is 15.5 Å². The van der Waals surface area contributed by atoms with Crippen LogP contribution in [0.4, 0.5) is 0 Å². The molecular formula is C17H34N4O2. The first-order valence-electron chi connectivity index (χ1n) is 9.00. The Bertz CT molecular complexity index is 339. The average molecular weight is 326 g/mol. The van der Waals surface area contributed by atoms with Gasteiger partial charge >= 0.3 is 5.97 Å². The third kappa shape index (κ3) is 10.2. The van der Waals surface area contributed by atoms with Crippen LogP contribution in [0.5, 0.6) is 0 Å². The molecule has 1 aliphatic heterocycles. The SMILES string of the molecule is CN=C(NCCCCC(=O)OC)NCCCN1CCCCCC1. The minimum Gasteiger partial charge on any atom is -0.469 e. The van der Waals surface area contributed by atoms with E-state index in [-0.39, 0.29) is 5.97 Å². The van der Waals surface area contributed by atoms with Gasteiger partial charge in [-0.3, -0.25) is 9.79 Å². The van der Waals surface area contributed by atoms with Crippen LogP contribution in [0.1, 0.15) is 51.4 Å². The van der Waals surface area contributed by atoms with Gasteiger partial charge in [0, 0.05) is 26.6 Å². The van der Waals surface area contributed by atoms with Crippen LogP contribution in [-0.2, 0) is 9.53 Å². The monoisotopic (exact) mass is 326 g/mol. The first-order chi connectivity index (χ1) is 11.3. The summed E-state index contributed by atoms with van der Waals surface area (Å²) in [5.74, 6) is 0.708. The Morgan fingerprint density at radius 2 is 1.70 bits per heavy atom. The van der Waals surface area contributed by atoms with Crippen molar-refractivity contribution in [2.24, 2.45) is 4.99 Å². The molecule has 0 aromatic carbocycles. The molecule has 6 heteroatoms. The minimum atomic E-state index is -0.138. The number of aliphatic imine (C=N–C) groups is 1. The first kappa shape index (κ1) is 19.7. The number of hydrogen-bond donors (Lipinski definition) is 2. The molecule has 1 rings (SSSR count). The summed E-state index contributed by atoms with van der Waals surface area (Å²) in [7, 11) is 3.22. The molecule has 0 saturated carbocycles. The van der Waals surface area contributed by atoms with Crippen LogP contribution in [0.25, 0.3) is 0 Å². The molecule has 23 heavy (non-hydrogen) atoms. The highest BCUT2D eigenvalue weighted by molar-refractivity contribution is 5.79. The average Bonchev–Trinajstić information content (AvgIpc) is 2.84. The highest BCUT2D eigenvalue weighted by atomic mass is 16.5. The second-order valence-corrected chi connectivity index (χ2v) is 6.07. The van der Waals surface area contributed by atoms with E-state index in [1.165, 1.54) is 52.4 Å². The van der Waals surface area contributed by atoms with Gasteiger partial charge in [0.15, 0.2) is 5.96 Å². The van der Waals surface area contributed by atoms with Gasteiger partial charge in [-0.15, -0.1) is 0 Å². The number of guanidine groups is 1. The van der Waals surface area contributed by atoms with E-state index in [0.717, 1.165) is 38.3 Å². The standard InChI is InChI=1S/C17H34N4O2/c1-18-17(19-11-6-5-10-16(22)23-2)20-12-9-15-21-13-7-3-4-8-14-21/h3-15H2,1-2H3,(H2,18,19,20). The maximum Gasteiger partial charge on any atom is 0.305 e. The molecule has 0 aliphatic carbocycles. The Morgan fingerprint density at radius 1 is 1.04 bits per heavy atom. The number of carbonyl (C=O) groups excluding carboxylic acids is 1. The van der Waals surface area contributed by atoms with Gasteiger partial charge in [-0.25, -0.2) is 0 Å². The van der Waals surface area contributed by atoms with E-state index in [4.69, 9.17) is 0 Å². The molecule has 0 aromatic rings. The molecule has 0 atom stereocenters. The Labute approximate surface area is 141 Å². The molecular weight excluding hydrogens is 292 g/mol. The minimum absolute atomic E-state index is 0.138. The van der Waals surface area contributed by atoms with Gasteiger partial charge in [0.05, 0.1) is 7.11 Å². The number of esters is 1. The van der Waals surface area contributed by atoms with E-state index in [1.54, 1.807) is 7.05 Å². The number of nitrogens with zero attached hydrogens (tertiary/aromatic N) is 2.